The van der Waals surface area contributed by atoms with Crippen molar-refractivity contribution in [3.63, 3.8) is 0 Å². The number of pyridine rings is 1. The van der Waals surface area contributed by atoms with E-state index in [1.54, 1.807) is 6.08 Å². The molecule has 1 aliphatic heterocycles. The second kappa shape index (κ2) is 9.08. The Hall–Kier alpha value is -2.89. The van der Waals surface area contributed by atoms with Crippen LogP contribution in [0.3, 0.4) is 0 Å². The van der Waals surface area contributed by atoms with Gasteiger partial charge < -0.3 is 14.6 Å². The molecule has 0 spiro atoms. The Labute approximate surface area is 178 Å². The summed E-state index contributed by atoms with van der Waals surface area (Å²) in [5.41, 5.74) is 0.689. The minimum Gasteiger partial charge on any atom is -0.453 e. The summed E-state index contributed by atoms with van der Waals surface area (Å²) in [7, 11) is -1.64. The predicted molar refractivity (Wildman–Crippen MR) is 113 cm³/mol. The van der Waals surface area contributed by atoms with Crippen molar-refractivity contribution in [2.24, 2.45) is 0 Å². The molecule has 3 heterocycles. The van der Waals surface area contributed by atoms with E-state index in [-0.39, 0.29) is 11.1 Å². The molecule has 11 heteroatoms. The van der Waals surface area contributed by atoms with Crippen LogP contribution < -0.4 is 11.2 Å². The van der Waals surface area contributed by atoms with E-state index in [4.69, 9.17) is 9.47 Å². The molecule has 4 atom stereocenters. The molecule has 3 rings (SSSR count). The number of halogens is 1. The minimum atomic E-state index is -1.96. The summed E-state index contributed by atoms with van der Waals surface area (Å²) in [6.45, 7) is 5.57. The molecule has 2 unspecified atom stereocenters. The minimum absolute atomic E-state index is 0.106. The highest BCUT2D eigenvalue weighted by molar-refractivity contribution is 6.81. The van der Waals surface area contributed by atoms with Gasteiger partial charge in [0.05, 0.1) is 25.8 Å². The SMILES string of the molecule is C[Si](C)(C)/C=C/c1cn([C@H]2O[C@@H](CO)C(OC(=O)c3cccnc3)C2F)c(=O)[nH]c1=O. The average molecular weight is 450 g/mol. The standard InChI is InChI=1S/C20H24FN3O6Si/c1-31(2,3)8-6-13-10-24(20(28)23-17(13)26)18-15(21)16(14(11-25)29-18)30-19(27)12-5-4-7-22-9-12/h4-10,14-16,18,25H,11H2,1-3H3,(H,23,26,28)/b8-6+/t14-,15?,16?,18-/m0/s1. The molecule has 0 aromatic carbocycles. The van der Waals surface area contributed by atoms with Gasteiger partial charge in [-0.1, -0.05) is 31.4 Å². The zero-order valence-electron chi connectivity index (χ0n) is 17.3. The van der Waals surface area contributed by atoms with Crippen molar-refractivity contribution >= 4 is 20.1 Å². The quantitative estimate of drug-likeness (QED) is 0.503. The molecule has 1 aliphatic rings. The summed E-state index contributed by atoms with van der Waals surface area (Å²) in [4.78, 5) is 42.7. The molecule has 1 fully saturated rings. The largest absolute Gasteiger partial charge is 0.453 e. The first-order valence-electron chi connectivity index (χ1n) is 9.67. The van der Waals surface area contributed by atoms with Crippen LogP contribution in [-0.2, 0) is 9.47 Å². The highest BCUT2D eigenvalue weighted by atomic mass is 28.3. The van der Waals surface area contributed by atoms with E-state index in [2.05, 4.69) is 29.6 Å². The van der Waals surface area contributed by atoms with Gasteiger partial charge in [-0.2, -0.15) is 0 Å². The number of H-pyrrole nitrogens is 1. The molecule has 2 aromatic rings. The first-order valence-corrected chi connectivity index (χ1v) is 13.2. The van der Waals surface area contributed by atoms with Gasteiger partial charge in [0, 0.05) is 18.6 Å². The van der Waals surface area contributed by atoms with Crippen molar-refractivity contribution < 1.29 is 23.8 Å². The van der Waals surface area contributed by atoms with Crippen molar-refractivity contribution in [1.29, 1.82) is 0 Å². The number of carbonyl (C=O) groups excluding carboxylic acids is 1. The summed E-state index contributed by atoms with van der Waals surface area (Å²) in [6.07, 6.45) is -0.580. The second-order valence-corrected chi connectivity index (χ2v) is 13.3. The molecule has 31 heavy (non-hydrogen) atoms. The van der Waals surface area contributed by atoms with Gasteiger partial charge in [0.25, 0.3) is 5.56 Å². The van der Waals surface area contributed by atoms with Gasteiger partial charge in [0.15, 0.2) is 18.5 Å². The fourth-order valence-electron chi connectivity index (χ4n) is 3.03. The van der Waals surface area contributed by atoms with Crippen molar-refractivity contribution in [1.82, 2.24) is 14.5 Å². The number of aromatic nitrogens is 3. The Kier molecular flexibility index (Phi) is 6.67. The number of carbonyl (C=O) groups is 1. The first-order chi connectivity index (χ1) is 14.6. The zero-order valence-corrected chi connectivity index (χ0v) is 18.3. The molecule has 2 aromatic heterocycles. The lowest BCUT2D eigenvalue weighted by atomic mass is 10.1. The molecular formula is C20H24FN3O6Si. The van der Waals surface area contributed by atoms with Gasteiger partial charge in [-0.05, 0) is 12.1 Å². The summed E-state index contributed by atoms with van der Waals surface area (Å²) < 4.78 is 26.8. The highest BCUT2D eigenvalue weighted by Gasteiger charge is 2.49. The number of ether oxygens (including phenoxy) is 2. The van der Waals surface area contributed by atoms with E-state index in [0.29, 0.717) is 0 Å². The third kappa shape index (κ3) is 5.24. The molecule has 9 nitrogen and oxygen atoms in total. The third-order valence-corrected chi connectivity index (χ3v) is 5.79. The van der Waals surface area contributed by atoms with Crippen LogP contribution in [0.2, 0.25) is 19.6 Å². The maximum absolute atomic E-state index is 15.2. The Bertz CT molecular complexity index is 1080. The predicted octanol–water partition coefficient (Wildman–Crippen LogP) is 1.28. The molecule has 0 aliphatic carbocycles. The number of hydrogen-bond acceptors (Lipinski definition) is 7. The highest BCUT2D eigenvalue weighted by Crippen LogP contribution is 2.33. The normalized spacial score (nSPS) is 23.9. The molecule has 0 bridgehead atoms. The van der Waals surface area contributed by atoms with Crippen LogP contribution in [0.1, 0.15) is 22.1 Å². The van der Waals surface area contributed by atoms with Crippen LogP contribution >= 0.6 is 0 Å². The second-order valence-electron chi connectivity index (χ2n) is 8.25. The number of aliphatic hydroxyl groups excluding tert-OH is 1. The number of esters is 1. The molecule has 166 valence electrons. The summed E-state index contributed by atoms with van der Waals surface area (Å²) in [6, 6.07) is 2.98. The van der Waals surface area contributed by atoms with Gasteiger partial charge in [-0.3, -0.25) is 19.3 Å². The Morgan fingerprint density at radius 2 is 2.16 bits per heavy atom. The van der Waals surface area contributed by atoms with Crippen molar-refractivity contribution in [2.45, 2.75) is 44.2 Å². The number of nitrogens with zero attached hydrogens (tertiary/aromatic N) is 2. The fraction of sp³-hybridized carbons (Fsp3) is 0.400. The van der Waals surface area contributed by atoms with Crippen LogP contribution in [0.15, 0.2) is 46.0 Å². The molecule has 0 saturated carbocycles. The lowest BCUT2D eigenvalue weighted by Gasteiger charge is -2.18. The van der Waals surface area contributed by atoms with Crippen LogP contribution in [0, 0.1) is 0 Å². The van der Waals surface area contributed by atoms with E-state index in [1.165, 1.54) is 30.7 Å². The van der Waals surface area contributed by atoms with E-state index >= 15 is 4.39 Å². The van der Waals surface area contributed by atoms with Gasteiger partial charge in [-0.15, -0.1) is 0 Å². The van der Waals surface area contributed by atoms with E-state index in [0.717, 1.165) is 4.57 Å². The van der Waals surface area contributed by atoms with Crippen LogP contribution in [0.4, 0.5) is 4.39 Å². The summed E-state index contributed by atoms with van der Waals surface area (Å²) in [5, 5.41) is 9.60. The van der Waals surface area contributed by atoms with Gasteiger partial charge >= 0.3 is 11.7 Å². The van der Waals surface area contributed by atoms with Crippen LogP contribution in [0.25, 0.3) is 6.08 Å². The smallest absolute Gasteiger partial charge is 0.340 e. The molecular weight excluding hydrogens is 425 g/mol. The lowest BCUT2D eigenvalue weighted by molar-refractivity contribution is -0.0534. The summed E-state index contributed by atoms with van der Waals surface area (Å²) >= 11 is 0. The van der Waals surface area contributed by atoms with E-state index in [1.807, 2.05) is 5.70 Å². The average Bonchev–Trinajstić information content (AvgIpc) is 3.03. The maximum atomic E-state index is 15.2. The van der Waals surface area contributed by atoms with Crippen molar-refractivity contribution in [3.8, 4) is 0 Å². The Morgan fingerprint density at radius 1 is 1.42 bits per heavy atom. The molecule has 0 radical (unpaired) electrons. The number of alkyl halides is 1. The van der Waals surface area contributed by atoms with E-state index < -0.39 is 56.5 Å². The zero-order chi connectivity index (χ0) is 22.8. The molecule has 2 N–H and O–H groups in total. The van der Waals surface area contributed by atoms with Crippen LogP contribution in [0.5, 0.6) is 0 Å². The monoisotopic (exact) mass is 449 g/mol. The van der Waals surface area contributed by atoms with Gasteiger partial charge in [-0.25, -0.2) is 14.0 Å². The number of aromatic amines is 1. The van der Waals surface area contributed by atoms with Crippen molar-refractivity contribution in [3.05, 3.63) is 68.4 Å². The molecule has 0 amide bonds. The van der Waals surface area contributed by atoms with E-state index in [9.17, 15) is 19.5 Å². The first kappa shape index (κ1) is 22.8. The Balaban J connectivity index is 1.90. The third-order valence-electron chi connectivity index (χ3n) is 4.62. The van der Waals surface area contributed by atoms with Crippen LogP contribution in [-0.4, -0.2) is 58.7 Å². The maximum Gasteiger partial charge on any atom is 0.340 e. The summed E-state index contributed by atoms with van der Waals surface area (Å²) in [5.74, 6) is -0.837. The Morgan fingerprint density at radius 3 is 2.77 bits per heavy atom. The number of hydrogen-bond donors (Lipinski definition) is 2. The van der Waals surface area contributed by atoms with Gasteiger partial charge in [0.2, 0.25) is 0 Å². The fourth-order valence-corrected chi connectivity index (χ4v) is 3.71. The number of rotatable bonds is 6. The topological polar surface area (TPSA) is 124 Å². The van der Waals surface area contributed by atoms with Gasteiger partial charge in [0.1, 0.15) is 6.10 Å². The lowest BCUT2D eigenvalue weighted by Crippen LogP contribution is -2.38. The number of nitrogens with one attached hydrogen (secondary N) is 1. The van der Waals surface area contributed by atoms with Crippen molar-refractivity contribution in [2.75, 3.05) is 6.61 Å². The molecule has 1 saturated heterocycles. The number of aliphatic hydroxyl groups is 1.